The van der Waals surface area contributed by atoms with Gasteiger partial charge in [0.25, 0.3) is 0 Å². The second-order valence-electron chi connectivity index (χ2n) is 5.77. The summed E-state index contributed by atoms with van der Waals surface area (Å²) in [6.07, 6.45) is 1.76. The fraction of sp³-hybridized carbons (Fsp3) is 0.389. The van der Waals surface area contributed by atoms with Gasteiger partial charge in [-0.25, -0.2) is 0 Å². The lowest BCUT2D eigenvalue weighted by Gasteiger charge is -2.09. The Bertz CT molecular complexity index is 532. The summed E-state index contributed by atoms with van der Waals surface area (Å²) in [5.74, 6) is 1.49. The molecule has 0 radical (unpaired) electrons. The molecule has 1 N–H and O–H groups in total. The van der Waals surface area contributed by atoms with Gasteiger partial charge in [0, 0.05) is 12.2 Å². The zero-order valence-corrected chi connectivity index (χ0v) is 13.1. The summed E-state index contributed by atoms with van der Waals surface area (Å²) in [6.45, 7) is 8.94. The quantitative estimate of drug-likeness (QED) is 0.841. The first-order valence-corrected chi connectivity index (χ1v) is 7.47. The van der Waals surface area contributed by atoms with Crippen molar-refractivity contribution in [2.75, 3.05) is 6.54 Å². The lowest BCUT2D eigenvalue weighted by molar-refractivity contribution is 0.305. The molecule has 0 aliphatic heterocycles. The molecule has 0 spiro atoms. The molecule has 1 aromatic heterocycles. The third-order valence-electron chi connectivity index (χ3n) is 3.19. The molecule has 3 heteroatoms. The van der Waals surface area contributed by atoms with E-state index in [0.29, 0.717) is 12.5 Å². The molecule has 21 heavy (non-hydrogen) atoms. The van der Waals surface area contributed by atoms with Crippen molar-refractivity contribution in [3.63, 3.8) is 0 Å². The highest BCUT2D eigenvalue weighted by molar-refractivity contribution is 5.24. The molecular formula is C18H24N2O. The smallest absolute Gasteiger partial charge is 0.138 e. The van der Waals surface area contributed by atoms with Crippen molar-refractivity contribution >= 4 is 0 Å². The Morgan fingerprint density at radius 3 is 2.38 bits per heavy atom. The molecule has 1 heterocycles. The minimum absolute atomic E-state index is 0.574. The van der Waals surface area contributed by atoms with Gasteiger partial charge in [-0.2, -0.15) is 0 Å². The molecule has 2 rings (SSSR count). The van der Waals surface area contributed by atoms with Gasteiger partial charge in [0.2, 0.25) is 0 Å². The molecule has 0 saturated carbocycles. The number of ether oxygens (including phenoxy) is 1. The molecule has 0 atom stereocenters. The number of aryl methyl sites for hydroxylation is 1. The summed E-state index contributed by atoms with van der Waals surface area (Å²) >= 11 is 0. The summed E-state index contributed by atoms with van der Waals surface area (Å²) in [5, 5.41) is 3.44. The van der Waals surface area contributed by atoms with Gasteiger partial charge in [-0.15, -0.1) is 0 Å². The third-order valence-corrected chi connectivity index (χ3v) is 3.19. The zero-order chi connectivity index (χ0) is 15.1. The molecule has 3 nitrogen and oxygen atoms in total. The van der Waals surface area contributed by atoms with Crippen LogP contribution >= 0.6 is 0 Å². The van der Waals surface area contributed by atoms with Crippen LogP contribution in [0.5, 0.6) is 5.75 Å². The first kappa shape index (κ1) is 15.5. The van der Waals surface area contributed by atoms with E-state index in [-0.39, 0.29) is 0 Å². The standard InChI is InChI=1S/C18H24N2O/c1-14(2)10-19-11-16-5-7-17(8-6-16)13-21-18-9-4-15(3)20-12-18/h4-9,12,14,19H,10-11,13H2,1-3H3. The van der Waals surface area contributed by atoms with E-state index >= 15 is 0 Å². The van der Waals surface area contributed by atoms with Crippen molar-refractivity contribution in [3.8, 4) is 5.75 Å². The number of nitrogens with one attached hydrogen (secondary N) is 1. The van der Waals surface area contributed by atoms with Crippen LogP contribution in [0.25, 0.3) is 0 Å². The maximum atomic E-state index is 5.72. The fourth-order valence-electron chi connectivity index (χ4n) is 1.96. The van der Waals surface area contributed by atoms with Crippen LogP contribution in [-0.4, -0.2) is 11.5 Å². The number of hydrogen-bond donors (Lipinski definition) is 1. The summed E-state index contributed by atoms with van der Waals surface area (Å²) in [6, 6.07) is 12.5. The highest BCUT2D eigenvalue weighted by Gasteiger charge is 1.99. The van der Waals surface area contributed by atoms with Crippen molar-refractivity contribution < 1.29 is 4.74 Å². The number of nitrogens with zero attached hydrogens (tertiary/aromatic N) is 1. The van der Waals surface area contributed by atoms with Gasteiger partial charge in [0.05, 0.1) is 6.20 Å². The summed E-state index contributed by atoms with van der Waals surface area (Å²) in [4.78, 5) is 4.22. The number of pyridine rings is 1. The van der Waals surface area contributed by atoms with E-state index in [4.69, 9.17) is 4.74 Å². The van der Waals surface area contributed by atoms with E-state index in [9.17, 15) is 0 Å². The lowest BCUT2D eigenvalue weighted by Crippen LogP contribution is -2.18. The van der Waals surface area contributed by atoms with Crippen LogP contribution in [0.1, 0.15) is 30.7 Å². The van der Waals surface area contributed by atoms with Crippen LogP contribution in [0.15, 0.2) is 42.6 Å². The largest absolute Gasteiger partial charge is 0.487 e. The van der Waals surface area contributed by atoms with Crippen LogP contribution in [0.2, 0.25) is 0 Å². The molecule has 0 bridgehead atoms. The Balaban J connectivity index is 1.80. The Hall–Kier alpha value is -1.87. The first-order valence-electron chi connectivity index (χ1n) is 7.47. The maximum Gasteiger partial charge on any atom is 0.138 e. The predicted molar refractivity (Wildman–Crippen MR) is 86.3 cm³/mol. The van der Waals surface area contributed by atoms with Gasteiger partial charge in [0.1, 0.15) is 12.4 Å². The van der Waals surface area contributed by atoms with Gasteiger partial charge < -0.3 is 10.1 Å². The van der Waals surface area contributed by atoms with Crippen LogP contribution < -0.4 is 10.1 Å². The Kier molecular flexibility index (Phi) is 5.76. The molecule has 0 unspecified atom stereocenters. The second kappa shape index (κ2) is 7.79. The molecule has 0 aliphatic carbocycles. The van der Waals surface area contributed by atoms with Crippen molar-refractivity contribution in [3.05, 3.63) is 59.4 Å². The maximum absolute atomic E-state index is 5.72. The van der Waals surface area contributed by atoms with Gasteiger partial charge >= 0.3 is 0 Å². The highest BCUT2D eigenvalue weighted by atomic mass is 16.5. The normalized spacial score (nSPS) is 10.9. The molecule has 0 aliphatic rings. The van der Waals surface area contributed by atoms with Gasteiger partial charge in [-0.05, 0) is 42.6 Å². The predicted octanol–water partition coefficient (Wildman–Crippen LogP) is 3.71. The van der Waals surface area contributed by atoms with Gasteiger partial charge in [-0.3, -0.25) is 4.98 Å². The second-order valence-corrected chi connectivity index (χ2v) is 5.77. The number of rotatable bonds is 7. The topological polar surface area (TPSA) is 34.1 Å². The minimum atomic E-state index is 0.574. The van der Waals surface area contributed by atoms with E-state index in [1.165, 1.54) is 11.1 Å². The number of aromatic nitrogens is 1. The van der Waals surface area contributed by atoms with Crippen molar-refractivity contribution in [2.45, 2.75) is 33.9 Å². The van der Waals surface area contributed by atoms with Gasteiger partial charge in [-0.1, -0.05) is 38.1 Å². The Labute approximate surface area is 127 Å². The van der Waals surface area contributed by atoms with E-state index in [2.05, 4.69) is 48.4 Å². The van der Waals surface area contributed by atoms with E-state index in [1.54, 1.807) is 6.20 Å². The van der Waals surface area contributed by atoms with Crippen LogP contribution in [-0.2, 0) is 13.2 Å². The zero-order valence-electron chi connectivity index (χ0n) is 13.1. The average molecular weight is 284 g/mol. The molecule has 2 aromatic rings. The van der Waals surface area contributed by atoms with Crippen LogP contribution in [0.3, 0.4) is 0 Å². The first-order chi connectivity index (χ1) is 10.1. The third kappa shape index (κ3) is 5.56. The average Bonchev–Trinajstić information content (AvgIpc) is 2.48. The molecule has 112 valence electrons. The SMILES string of the molecule is Cc1ccc(OCc2ccc(CNCC(C)C)cc2)cn1. The lowest BCUT2D eigenvalue weighted by atomic mass is 10.1. The van der Waals surface area contributed by atoms with Crippen LogP contribution in [0, 0.1) is 12.8 Å². The Morgan fingerprint density at radius 1 is 1.05 bits per heavy atom. The summed E-state index contributed by atoms with van der Waals surface area (Å²) in [7, 11) is 0. The molecule has 1 aromatic carbocycles. The molecular weight excluding hydrogens is 260 g/mol. The van der Waals surface area contributed by atoms with Crippen molar-refractivity contribution in [2.24, 2.45) is 5.92 Å². The minimum Gasteiger partial charge on any atom is -0.487 e. The van der Waals surface area contributed by atoms with E-state index in [1.807, 2.05) is 19.1 Å². The monoisotopic (exact) mass is 284 g/mol. The summed E-state index contributed by atoms with van der Waals surface area (Å²) < 4.78 is 5.72. The molecule has 0 amide bonds. The van der Waals surface area contributed by atoms with Crippen molar-refractivity contribution in [1.82, 2.24) is 10.3 Å². The number of hydrogen-bond acceptors (Lipinski definition) is 3. The van der Waals surface area contributed by atoms with Crippen molar-refractivity contribution in [1.29, 1.82) is 0 Å². The summed E-state index contributed by atoms with van der Waals surface area (Å²) in [5.41, 5.74) is 3.47. The Morgan fingerprint density at radius 2 is 1.76 bits per heavy atom. The van der Waals surface area contributed by atoms with Gasteiger partial charge in [0.15, 0.2) is 0 Å². The van der Waals surface area contributed by atoms with E-state index < -0.39 is 0 Å². The van der Waals surface area contributed by atoms with E-state index in [0.717, 1.165) is 24.5 Å². The highest BCUT2D eigenvalue weighted by Crippen LogP contribution is 2.12. The number of benzene rings is 1. The fourth-order valence-corrected chi connectivity index (χ4v) is 1.96. The molecule has 0 fully saturated rings. The van der Waals surface area contributed by atoms with Crippen LogP contribution in [0.4, 0.5) is 0 Å². The molecule has 0 saturated heterocycles.